The number of halogens is 1. The summed E-state index contributed by atoms with van der Waals surface area (Å²) in [6.45, 7) is 3.89. The van der Waals surface area contributed by atoms with Gasteiger partial charge in [0.2, 0.25) is 4.96 Å². The van der Waals surface area contributed by atoms with Gasteiger partial charge in [-0.15, -0.1) is 5.10 Å². The van der Waals surface area contributed by atoms with Crippen molar-refractivity contribution in [2.24, 2.45) is 0 Å². The van der Waals surface area contributed by atoms with Gasteiger partial charge >= 0.3 is 0 Å². The van der Waals surface area contributed by atoms with Gasteiger partial charge in [-0.05, 0) is 38.1 Å². The zero-order chi connectivity index (χ0) is 19.1. The van der Waals surface area contributed by atoms with Crippen LogP contribution in [0.1, 0.15) is 20.9 Å². The summed E-state index contributed by atoms with van der Waals surface area (Å²) < 4.78 is 1.65. The average molecular weight is 401 g/mol. The normalized spacial score (nSPS) is 11.1. The van der Waals surface area contributed by atoms with E-state index in [1.165, 1.54) is 17.5 Å². The summed E-state index contributed by atoms with van der Waals surface area (Å²) in [5, 5.41) is 7.35. The Kier molecular flexibility index (Phi) is 4.25. The maximum absolute atomic E-state index is 12.4. The van der Waals surface area contributed by atoms with Crippen molar-refractivity contribution in [3.05, 3.63) is 62.0 Å². The minimum Gasteiger partial charge on any atom is -0.306 e. The van der Waals surface area contributed by atoms with Gasteiger partial charge in [0.05, 0.1) is 5.69 Å². The molecule has 4 rings (SSSR count). The second-order valence-corrected chi connectivity index (χ2v) is 7.43. The second-order valence-electron chi connectivity index (χ2n) is 5.81. The Morgan fingerprint density at radius 2 is 2.00 bits per heavy atom. The number of hydrogen-bond donors (Lipinski definition) is 2. The fourth-order valence-electron chi connectivity index (χ4n) is 2.48. The summed E-state index contributed by atoms with van der Waals surface area (Å²) in [4.78, 5) is 37.5. The molecule has 0 radical (unpaired) electrons. The molecule has 10 heteroatoms. The van der Waals surface area contributed by atoms with E-state index in [1.807, 2.05) is 13.8 Å². The predicted octanol–water partition coefficient (Wildman–Crippen LogP) is 3.06. The number of H-pyrrole nitrogens is 1. The van der Waals surface area contributed by atoms with E-state index in [1.54, 1.807) is 28.8 Å². The van der Waals surface area contributed by atoms with Gasteiger partial charge in [-0.2, -0.15) is 4.98 Å². The molecule has 0 saturated heterocycles. The third kappa shape index (κ3) is 3.22. The molecule has 0 atom stereocenters. The fraction of sp³-hybridized carbons (Fsp3) is 0.118. The predicted molar refractivity (Wildman–Crippen MR) is 104 cm³/mol. The maximum atomic E-state index is 12.4. The van der Waals surface area contributed by atoms with Crippen LogP contribution in [0.25, 0.3) is 16.3 Å². The first-order chi connectivity index (χ1) is 12.9. The molecule has 27 heavy (non-hydrogen) atoms. The van der Waals surface area contributed by atoms with E-state index in [-0.39, 0.29) is 11.5 Å². The number of aryl methyl sites for hydroxylation is 2. The van der Waals surface area contributed by atoms with Gasteiger partial charge < -0.3 is 4.98 Å². The van der Waals surface area contributed by atoms with Gasteiger partial charge in [-0.1, -0.05) is 22.9 Å². The molecule has 0 saturated carbocycles. The summed E-state index contributed by atoms with van der Waals surface area (Å²) in [6, 6.07) is 6.84. The Labute approximate surface area is 161 Å². The molecule has 0 fully saturated rings. The lowest BCUT2D eigenvalue weighted by molar-refractivity contribution is 0.102. The number of aromatic nitrogens is 5. The molecular formula is C17H13ClN6O2S. The van der Waals surface area contributed by atoms with Crippen molar-refractivity contribution in [1.82, 2.24) is 24.6 Å². The lowest BCUT2D eigenvalue weighted by Gasteiger charge is -2.03. The zero-order valence-electron chi connectivity index (χ0n) is 14.3. The van der Waals surface area contributed by atoms with Crippen molar-refractivity contribution in [1.29, 1.82) is 0 Å². The standard InChI is InChI=1S/C17H13ClN6O2S/c1-8-9(2)27-17-22-16(23-24(8)17)21-15(26)12-7-19-13(20-14(12)25)10-3-5-11(18)6-4-10/h3-7H,1-2H3,(H,19,20,25)(H,21,23,26). The monoisotopic (exact) mass is 400 g/mol. The number of hydrogen-bond acceptors (Lipinski definition) is 6. The van der Waals surface area contributed by atoms with Crippen molar-refractivity contribution in [3.63, 3.8) is 0 Å². The van der Waals surface area contributed by atoms with Gasteiger partial charge in [0.25, 0.3) is 17.4 Å². The molecule has 0 aliphatic carbocycles. The number of nitrogens with zero attached hydrogens (tertiary/aromatic N) is 4. The zero-order valence-corrected chi connectivity index (χ0v) is 15.9. The molecule has 2 N–H and O–H groups in total. The first-order valence-corrected chi connectivity index (χ1v) is 9.11. The molecular weight excluding hydrogens is 388 g/mol. The Bertz CT molecular complexity index is 1220. The number of aromatic amines is 1. The molecule has 4 aromatic rings. The number of rotatable bonds is 3. The van der Waals surface area contributed by atoms with Crippen LogP contribution >= 0.6 is 22.9 Å². The second kappa shape index (κ2) is 6.60. The first-order valence-electron chi connectivity index (χ1n) is 7.92. The van der Waals surface area contributed by atoms with Gasteiger partial charge in [-0.3, -0.25) is 14.9 Å². The maximum Gasteiger partial charge on any atom is 0.265 e. The molecule has 0 unspecified atom stereocenters. The summed E-state index contributed by atoms with van der Waals surface area (Å²) in [5.41, 5.74) is 0.958. The van der Waals surface area contributed by atoms with E-state index < -0.39 is 11.5 Å². The third-order valence-electron chi connectivity index (χ3n) is 4.04. The van der Waals surface area contributed by atoms with Gasteiger partial charge in [-0.25, -0.2) is 9.50 Å². The van der Waals surface area contributed by atoms with Crippen molar-refractivity contribution in [2.75, 3.05) is 5.32 Å². The number of carbonyl (C=O) groups is 1. The van der Waals surface area contributed by atoms with Crippen LogP contribution in [0.3, 0.4) is 0 Å². The van der Waals surface area contributed by atoms with Gasteiger partial charge in [0, 0.05) is 21.7 Å². The summed E-state index contributed by atoms with van der Waals surface area (Å²) in [6.07, 6.45) is 1.23. The minimum atomic E-state index is -0.626. The molecule has 1 aromatic carbocycles. The molecule has 3 aromatic heterocycles. The van der Waals surface area contributed by atoms with E-state index in [4.69, 9.17) is 11.6 Å². The molecule has 0 aliphatic rings. The van der Waals surface area contributed by atoms with Crippen LogP contribution < -0.4 is 10.9 Å². The quantitative estimate of drug-likeness (QED) is 0.549. The number of benzene rings is 1. The SMILES string of the molecule is Cc1sc2nc(NC(=O)c3cnc(-c4ccc(Cl)cc4)[nH]c3=O)nn2c1C. The molecule has 0 aliphatic heterocycles. The highest BCUT2D eigenvalue weighted by molar-refractivity contribution is 7.17. The fourth-order valence-corrected chi connectivity index (χ4v) is 3.51. The van der Waals surface area contributed by atoms with Gasteiger partial charge in [0.15, 0.2) is 0 Å². The third-order valence-corrected chi connectivity index (χ3v) is 5.34. The van der Waals surface area contributed by atoms with Crippen molar-refractivity contribution < 1.29 is 4.79 Å². The Morgan fingerprint density at radius 1 is 1.26 bits per heavy atom. The number of amides is 1. The molecule has 136 valence electrons. The largest absolute Gasteiger partial charge is 0.306 e. The van der Waals surface area contributed by atoms with Crippen LogP contribution in [0.5, 0.6) is 0 Å². The number of anilines is 1. The van der Waals surface area contributed by atoms with Crippen LogP contribution in [0, 0.1) is 13.8 Å². The number of thiazole rings is 1. The highest BCUT2D eigenvalue weighted by Crippen LogP contribution is 2.21. The Hall–Kier alpha value is -3.04. The first kappa shape index (κ1) is 17.4. The Balaban J connectivity index is 1.59. The summed E-state index contributed by atoms with van der Waals surface area (Å²) >= 11 is 7.33. The summed E-state index contributed by atoms with van der Waals surface area (Å²) in [7, 11) is 0. The van der Waals surface area contributed by atoms with Crippen molar-refractivity contribution >= 4 is 39.8 Å². The molecule has 0 bridgehead atoms. The van der Waals surface area contributed by atoms with Crippen LogP contribution in [-0.4, -0.2) is 30.5 Å². The highest BCUT2D eigenvalue weighted by atomic mass is 35.5. The van der Waals surface area contributed by atoms with E-state index in [9.17, 15) is 9.59 Å². The minimum absolute atomic E-state index is 0.126. The lowest BCUT2D eigenvalue weighted by Crippen LogP contribution is -2.24. The smallest absolute Gasteiger partial charge is 0.265 e. The van der Waals surface area contributed by atoms with Crippen LogP contribution in [0.4, 0.5) is 5.95 Å². The average Bonchev–Trinajstić information content (AvgIpc) is 3.14. The Morgan fingerprint density at radius 3 is 2.67 bits per heavy atom. The number of nitrogens with one attached hydrogen (secondary N) is 2. The van der Waals surface area contributed by atoms with E-state index in [0.717, 1.165) is 10.6 Å². The van der Waals surface area contributed by atoms with Crippen molar-refractivity contribution in [2.45, 2.75) is 13.8 Å². The number of fused-ring (bicyclic) bond motifs is 1. The molecule has 3 heterocycles. The lowest BCUT2D eigenvalue weighted by atomic mass is 10.2. The van der Waals surface area contributed by atoms with Crippen LogP contribution in [0.15, 0.2) is 35.3 Å². The molecule has 8 nitrogen and oxygen atoms in total. The number of carbonyl (C=O) groups excluding carboxylic acids is 1. The molecule has 0 spiro atoms. The van der Waals surface area contributed by atoms with Crippen LogP contribution in [0.2, 0.25) is 5.02 Å². The van der Waals surface area contributed by atoms with Gasteiger partial charge in [0.1, 0.15) is 11.4 Å². The van der Waals surface area contributed by atoms with Crippen LogP contribution in [-0.2, 0) is 0 Å². The van der Waals surface area contributed by atoms with E-state index in [0.29, 0.717) is 21.4 Å². The van der Waals surface area contributed by atoms with E-state index >= 15 is 0 Å². The van der Waals surface area contributed by atoms with Crippen molar-refractivity contribution in [3.8, 4) is 11.4 Å². The summed E-state index contributed by atoms with van der Waals surface area (Å²) in [5.74, 6) is -0.144. The highest BCUT2D eigenvalue weighted by Gasteiger charge is 2.17. The van der Waals surface area contributed by atoms with E-state index in [2.05, 4.69) is 25.4 Å². The topological polar surface area (TPSA) is 105 Å². The molecule has 1 amide bonds.